The molecule has 0 N–H and O–H groups in total. The Morgan fingerprint density at radius 2 is 1.29 bits per heavy atom. The van der Waals surface area contributed by atoms with E-state index < -0.39 is 0 Å². The highest BCUT2D eigenvalue weighted by Crippen LogP contribution is 1.96. The van der Waals surface area contributed by atoms with Crippen LogP contribution >= 0.6 is 51.5 Å². The minimum atomic E-state index is 0.0417. The second kappa shape index (κ2) is 18.0. The molecule has 0 saturated heterocycles. The first-order chi connectivity index (χ1) is 6.76. The van der Waals surface area contributed by atoms with Gasteiger partial charge in [0, 0.05) is 0 Å². The molecule has 0 aliphatic carbocycles. The van der Waals surface area contributed by atoms with Crippen molar-refractivity contribution in [2.24, 2.45) is 0 Å². The Bertz CT molecular complexity index is 182. The van der Waals surface area contributed by atoms with Crippen LogP contribution in [0.3, 0.4) is 0 Å². The van der Waals surface area contributed by atoms with Gasteiger partial charge in [0.25, 0.3) is 0 Å². The SMILES string of the molecule is [Br][Mg][Br].[Br][Mg][Br].[CH2]Cc1ccccc1. The molecule has 0 aromatic heterocycles. The van der Waals surface area contributed by atoms with Crippen LogP contribution in [0.1, 0.15) is 5.56 Å². The molecule has 1 aromatic rings. The van der Waals surface area contributed by atoms with Gasteiger partial charge in [-0.3, -0.25) is 51.5 Å². The van der Waals surface area contributed by atoms with Crippen LogP contribution in [0.4, 0.5) is 0 Å². The molecule has 0 aliphatic heterocycles. The third-order valence-corrected chi connectivity index (χ3v) is 1.13. The van der Waals surface area contributed by atoms with E-state index in [2.05, 4.69) is 70.6 Å². The van der Waals surface area contributed by atoms with Crippen LogP contribution in [0.15, 0.2) is 30.3 Å². The molecule has 0 spiro atoms. The minimum Gasteiger partial charge on any atom is -0.280 e. The first kappa shape index (κ1) is 19.0. The van der Waals surface area contributed by atoms with Crippen molar-refractivity contribution in [3.63, 3.8) is 0 Å². The van der Waals surface area contributed by atoms with E-state index in [0.717, 1.165) is 6.42 Å². The highest BCUT2D eigenvalue weighted by Gasteiger charge is 1.80. The summed E-state index contributed by atoms with van der Waals surface area (Å²) in [5.74, 6) is 0. The smallest absolute Gasteiger partial charge is 0.280 e. The van der Waals surface area contributed by atoms with E-state index in [1.165, 1.54) is 5.56 Å². The van der Waals surface area contributed by atoms with Crippen LogP contribution in [-0.2, 0) is 6.42 Å². The molecule has 1 aromatic carbocycles. The highest BCUT2D eigenvalue weighted by atomic mass is 79.9. The first-order valence-corrected chi connectivity index (χ1v) is 19.4. The molecule has 0 unspecified atom stereocenters. The van der Waals surface area contributed by atoms with Crippen molar-refractivity contribution in [2.45, 2.75) is 6.42 Å². The van der Waals surface area contributed by atoms with Gasteiger partial charge in [-0.25, -0.2) is 0 Å². The molecule has 0 heterocycles. The molecule has 1 radical (unpaired) electrons. The maximum atomic E-state index is 3.76. The molecule has 73 valence electrons. The largest absolute Gasteiger partial charge is 0.560 e. The van der Waals surface area contributed by atoms with Gasteiger partial charge in [0.05, 0.1) is 0 Å². The van der Waals surface area contributed by atoms with Crippen LogP contribution in [0, 0.1) is 6.92 Å². The van der Waals surface area contributed by atoms with Crippen LogP contribution in [-0.4, -0.2) is 32.0 Å². The van der Waals surface area contributed by atoms with Gasteiger partial charge >= 0.3 is 32.0 Å². The molecule has 0 fully saturated rings. The second-order valence-corrected chi connectivity index (χ2v) is 18.1. The predicted molar refractivity (Wildman–Crippen MR) is 82.7 cm³/mol. The summed E-state index contributed by atoms with van der Waals surface area (Å²) in [7, 11) is 0. The van der Waals surface area contributed by atoms with Crippen LogP contribution in [0.2, 0.25) is 0 Å². The molecule has 0 nitrogen and oxygen atoms in total. The standard InChI is InChI=1S/C8H9.4BrH.2Mg/c1-2-8-6-4-3-5-7-8;;;;;;/h3-7H,1-2H2;4*1H;;/q;;;;;2*+2/p-4. The molecule has 0 saturated carbocycles. The summed E-state index contributed by atoms with van der Waals surface area (Å²) < 4.78 is 0. The average Bonchev–Trinajstić information content (AvgIpc) is 2.21. The molecule has 14 heavy (non-hydrogen) atoms. The van der Waals surface area contributed by atoms with Crippen LogP contribution in [0.25, 0.3) is 0 Å². The van der Waals surface area contributed by atoms with Crippen molar-refractivity contribution < 1.29 is 0 Å². The summed E-state index contributed by atoms with van der Waals surface area (Å²) >= 11 is 12.9. The quantitative estimate of drug-likeness (QED) is 0.520. The fourth-order valence-electron chi connectivity index (χ4n) is 0.645. The van der Waals surface area contributed by atoms with Crippen molar-refractivity contribution in [3.05, 3.63) is 42.8 Å². The Labute approximate surface area is 130 Å². The van der Waals surface area contributed by atoms with E-state index >= 15 is 0 Å². The van der Waals surface area contributed by atoms with Gasteiger partial charge in [-0.15, -0.1) is 0 Å². The third-order valence-electron chi connectivity index (χ3n) is 1.13. The summed E-state index contributed by atoms with van der Waals surface area (Å²) in [4.78, 5) is 0. The van der Waals surface area contributed by atoms with Gasteiger partial charge in [-0.2, -0.15) is 0 Å². The van der Waals surface area contributed by atoms with Crippen LogP contribution in [0.5, 0.6) is 0 Å². The molecular weight excluding hydrogens is 464 g/mol. The maximum Gasteiger partial charge on any atom is 0.560 e. The Morgan fingerprint density at radius 3 is 1.50 bits per heavy atom. The monoisotopic (exact) mass is 469 g/mol. The number of rotatable bonds is 1. The fourth-order valence-corrected chi connectivity index (χ4v) is 0.645. The van der Waals surface area contributed by atoms with Gasteiger partial charge in [0.15, 0.2) is 0 Å². The Kier molecular flexibility index (Phi) is 24.5. The predicted octanol–water partition coefficient (Wildman–Crippen LogP) is 4.68. The molecule has 1 rings (SSSR count). The lowest BCUT2D eigenvalue weighted by Crippen LogP contribution is -1.74. The van der Waals surface area contributed by atoms with Crippen molar-refractivity contribution in [2.75, 3.05) is 0 Å². The average molecular weight is 473 g/mol. The molecule has 0 atom stereocenters. The number of benzene rings is 1. The van der Waals surface area contributed by atoms with Crippen LogP contribution < -0.4 is 0 Å². The van der Waals surface area contributed by atoms with E-state index in [0.29, 0.717) is 0 Å². The Morgan fingerprint density at radius 1 is 0.929 bits per heavy atom. The van der Waals surface area contributed by atoms with E-state index in [1.807, 2.05) is 18.2 Å². The highest BCUT2D eigenvalue weighted by molar-refractivity contribution is 9.47. The van der Waals surface area contributed by atoms with Gasteiger partial charge < -0.3 is 0 Å². The summed E-state index contributed by atoms with van der Waals surface area (Å²) in [6.07, 6.45) is 0.890. The molecule has 0 amide bonds. The van der Waals surface area contributed by atoms with Crippen molar-refractivity contribution in [1.29, 1.82) is 0 Å². The van der Waals surface area contributed by atoms with Crippen molar-refractivity contribution in [1.82, 2.24) is 0 Å². The van der Waals surface area contributed by atoms with E-state index in [4.69, 9.17) is 0 Å². The zero-order valence-electron chi connectivity index (χ0n) is 7.73. The van der Waals surface area contributed by atoms with Gasteiger partial charge in [0.1, 0.15) is 0 Å². The van der Waals surface area contributed by atoms with Gasteiger partial charge in [-0.1, -0.05) is 30.3 Å². The summed E-state index contributed by atoms with van der Waals surface area (Å²) in [5.41, 5.74) is 1.30. The van der Waals surface area contributed by atoms with E-state index in [9.17, 15) is 0 Å². The first-order valence-electron chi connectivity index (χ1n) is 3.83. The lowest BCUT2D eigenvalue weighted by atomic mass is 10.2. The Hall–Kier alpha value is 2.67. The minimum absolute atomic E-state index is 0.0417. The zero-order valence-corrected chi connectivity index (χ0v) is 16.9. The summed E-state index contributed by atoms with van der Waals surface area (Å²) in [6, 6.07) is 10.2. The summed E-state index contributed by atoms with van der Waals surface area (Å²) in [6.45, 7) is 3.76. The van der Waals surface area contributed by atoms with Gasteiger partial charge in [-0.05, 0) is 18.9 Å². The van der Waals surface area contributed by atoms with E-state index in [1.54, 1.807) is 0 Å². The number of halogens is 4. The summed E-state index contributed by atoms with van der Waals surface area (Å²) in [5, 5.41) is 0. The molecular formula is C8H9Br4Mg2. The molecule has 6 heteroatoms. The topological polar surface area (TPSA) is 0 Å². The number of hydrogen-bond donors (Lipinski definition) is 0. The Balaban J connectivity index is 0. The third kappa shape index (κ3) is 17.1. The number of hydrogen-bond acceptors (Lipinski definition) is 0. The molecule has 0 aliphatic rings. The van der Waals surface area contributed by atoms with E-state index in [-0.39, 0.29) is 32.0 Å². The second-order valence-electron chi connectivity index (χ2n) is 1.94. The van der Waals surface area contributed by atoms with Gasteiger partial charge in [0.2, 0.25) is 0 Å². The molecule has 0 bridgehead atoms. The van der Waals surface area contributed by atoms with Crippen molar-refractivity contribution >= 4 is 83.6 Å². The van der Waals surface area contributed by atoms with Crippen molar-refractivity contribution in [3.8, 4) is 0 Å². The zero-order chi connectivity index (χ0) is 11.2. The lowest BCUT2D eigenvalue weighted by Gasteiger charge is -1.89. The normalized spacial score (nSPS) is 6.64. The fraction of sp³-hybridized carbons (Fsp3) is 0.125. The lowest BCUT2D eigenvalue weighted by molar-refractivity contribution is 1.27. The maximum absolute atomic E-state index is 3.76.